The molecule has 0 aromatic heterocycles. The number of ether oxygens (including phenoxy) is 2. The van der Waals surface area contributed by atoms with Crippen LogP contribution in [0.3, 0.4) is 0 Å². The van der Waals surface area contributed by atoms with Crippen LogP contribution in [0.15, 0.2) is 54.6 Å². The first kappa shape index (κ1) is 19.2. The fourth-order valence-corrected chi connectivity index (χ4v) is 2.82. The van der Waals surface area contributed by atoms with Crippen molar-refractivity contribution < 1.29 is 14.3 Å². The van der Waals surface area contributed by atoms with Crippen LogP contribution in [0.25, 0.3) is 0 Å². The molecule has 2 rings (SSSR count). The number of carbonyl (C=O) groups excluding carboxylic acids is 1. The second-order valence-corrected chi connectivity index (χ2v) is 6.99. The number of para-hydroxylation sites is 1. The first-order chi connectivity index (χ1) is 12.2. The highest BCUT2D eigenvalue weighted by Gasteiger charge is 2.13. The van der Waals surface area contributed by atoms with Crippen LogP contribution in [0.5, 0.6) is 11.5 Å². The molecule has 2 aromatic carbocycles. The summed E-state index contributed by atoms with van der Waals surface area (Å²) in [5.41, 5.74) is 0.821. The molecule has 0 radical (unpaired) electrons. The number of anilines is 1. The van der Waals surface area contributed by atoms with Gasteiger partial charge >= 0.3 is 0 Å². The summed E-state index contributed by atoms with van der Waals surface area (Å²) in [7, 11) is 0. The summed E-state index contributed by atoms with van der Waals surface area (Å²) in [6.45, 7) is 5.27. The van der Waals surface area contributed by atoms with Gasteiger partial charge in [-0.25, -0.2) is 0 Å². The fourth-order valence-electron chi connectivity index (χ4n) is 2.08. The molecule has 1 amide bonds. The van der Waals surface area contributed by atoms with Crippen LogP contribution >= 0.6 is 11.8 Å². The molecule has 0 heterocycles. The molecule has 4 nitrogen and oxygen atoms in total. The van der Waals surface area contributed by atoms with E-state index >= 15 is 0 Å². The molecule has 0 spiro atoms. The molecule has 0 saturated heterocycles. The minimum atomic E-state index is -0.131. The molecule has 0 aliphatic rings. The van der Waals surface area contributed by atoms with Crippen molar-refractivity contribution in [2.75, 3.05) is 24.3 Å². The molecule has 1 unspecified atom stereocenters. The lowest BCUT2D eigenvalue weighted by molar-refractivity contribution is -0.115. The normalized spacial score (nSPS) is 11.6. The number of amides is 1. The van der Waals surface area contributed by atoms with E-state index in [1.165, 1.54) is 0 Å². The smallest absolute Gasteiger partial charge is 0.237 e. The Balaban J connectivity index is 1.65. The van der Waals surface area contributed by atoms with Crippen molar-refractivity contribution in [1.82, 2.24) is 0 Å². The number of benzene rings is 2. The zero-order valence-corrected chi connectivity index (χ0v) is 15.6. The molecule has 0 saturated carbocycles. The lowest BCUT2D eigenvalue weighted by Gasteiger charge is -2.12. The number of rotatable bonds is 10. The Morgan fingerprint density at radius 2 is 1.60 bits per heavy atom. The summed E-state index contributed by atoms with van der Waals surface area (Å²) in [6, 6.07) is 17.1. The predicted octanol–water partition coefficient (Wildman–Crippen LogP) is 4.61. The molecule has 0 fully saturated rings. The Morgan fingerprint density at radius 3 is 2.20 bits per heavy atom. The van der Waals surface area contributed by atoms with Crippen molar-refractivity contribution in [2.45, 2.75) is 25.5 Å². The summed E-state index contributed by atoms with van der Waals surface area (Å²) in [4.78, 5) is 12.1. The highest BCUT2D eigenvalue weighted by molar-refractivity contribution is 8.00. The molecular formula is C20H25NO3S. The van der Waals surface area contributed by atoms with E-state index < -0.39 is 0 Å². The SMILES string of the molecule is CCCOc1ccc(OCCSC(C)C(=O)Nc2ccccc2)cc1. The average molecular weight is 359 g/mol. The Bertz CT molecular complexity index is 631. The summed E-state index contributed by atoms with van der Waals surface area (Å²) >= 11 is 1.58. The molecule has 0 aliphatic heterocycles. The molecule has 5 heteroatoms. The first-order valence-electron chi connectivity index (χ1n) is 8.52. The lowest BCUT2D eigenvalue weighted by Crippen LogP contribution is -2.23. The predicted molar refractivity (Wildman–Crippen MR) is 105 cm³/mol. The van der Waals surface area contributed by atoms with Gasteiger partial charge in [0.1, 0.15) is 11.5 Å². The van der Waals surface area contributed by atoms with E-state index in [2.05, 4.69) is 12.2 Å². The van der Waals surface area contributed by atoms with Gasteiger partial charge in [-0.3, -0.25) is 4.79 Å². The van der Waals surface area contributed by atoms with E-state index in [1.54, 1.807) is 11.8 Å². The van der Waals surface area contributed by atoms with Gasteiger partial charge in [0.25, 0.3) is 0 Å². The Kier molecular flexibility index (Phi) is 8.19. The lowest BCUT2D eigenvalue weighted by atomic mass is 10.3. The second kappa shape index (κ2) is 10.7. The van der Waals surface area contributed by atoms with Gasteiger partial charge in [0.15, 0.2) is 0 Å². The van der Waals surface area contributed by atoms with Crippen LogP contribution in [0.4, 0.5) is 5.69 Å². The second-order valence-electron chi connectivity index (χ2n) is 5.54. The first-order valence-corrected chi connectivity index (χ1v) is 9.57. The van der Waals surface area contributed by atoms with Crippen LogP contribution < -0.4 is 14.8 Å². The van der Waals surface area contributed by atoms with E-state index in [1.807, 2.05) is 61.5 Å². The van der Waals surface area contributed by atoms with Crippen LogP contribution in [0, 0.1) is 0 Å². The summed E-state index contributed by atoms with van der Waals surface area (Å²) in [5, 5.41) is 2.78. The molecule has 134 valence electrons. The van der Waals surface area contributed by atoms with E-state index in [9.17, 15) is 4.79 Å². The number of hydrogen-bond acceptors (Lipinski definition) is 4. The third-order valence-corrected chi connectivity index (χ3v) is 4.54. The molecule has 25 heavy (non-hydrogen) atoms. The van der Waals surface area contributed by atoms with Crippen molar-refractivity contribution >= 4 is 23.4 Å². The molecule has 1 atom stereocenters. The van der Waals surface area contributed by atoms with Crippen molar-refractivity contribution in [3.63, 3.8) is 0 Å². The number of hydrogen-bond donors (Lipinski definition) is 1. The molecule has 0 bridgehead atoms. The zero-order chi connectivity index (χ0) is 17.9. The maximum absolute atomic E-state index is 12.1. The highest BCUT2D eigenvalue weighted by atomic mass is 32.2. The van der Waals surface area contributed by atoms with E-state index in [4.69, 9.17) is 9.47 Å². The van der Waals surface area contributed by atoms with Crippen LogP contribution in [-0.4, -0.2) is 30.1 Å². The van der Waals surface area contributed by atoms with Gasteiger partial charge in [0.2, 0.25) is 5.91 Å². The minimum Gasteiger partial charge on any atom is -0.494 e. The van der Waals surface area contributed by atoms with Crippen LogP contribution in [0.2, 0.25) is 0 Å². The van der Waals surface area contributed by atoms with Gasteiger partial charge in [0, 0.05) is 11.4 Å². The maximum Gasteiger partial charge on any atom is 0.237 e. The molecular weight excluding hydrogens is 334 g/mol. The number of thioether (sulfide) groups is 1. The maximum atomic E-state index is 12.1. The monoisotopic (exact) mass is 359 g/mol. The van der Waals surface area contributed by atoms with E-state index in [0.717, 1.165) is 36.0 Å². The van der Waals surface area contributed by atoms with Crippen LogP contribution in [-0.2, 0) is 4.79 Å². The topological polar surface area (TPSA) is 47.6 Å². The van der Waals surface area contributed by atoms with Gasteiger partial charge in [-0.15, -0.1) is 11.8 Å². The Labute approximate surface area is 153 Å². The van der Waals surface area contributed by atoms with Gasteiger partial charge < -0.3 is 14.8 Å². The molecule has 2 aromatic rings. The third-order valence-electron chi connectivity index (χ3n) is 3.43. The summed E-state index contributed by atoms with van der Waals surface area (Å²) < 4.78 is 11.2. The van der Waals surface area contributed by atoms with Gasteiger partial charge in [-0.1, -0.05) is 25.1 Å². The van der Waals surface area contributed by atoms with Crippen molar-refractivity contribution in [3.05, 3.63) is 54.6 Å². The minimum absolute atomic E-state index is 0.00799. The largest absolute Gasteiger partial charge is 0.494 e. The molecule has 0 aliphatic carbocycles. The zero-order valence-electron chi connectivity index (χ0n) is 14.7. The van der Waals surface area contributed by atoms with Crippen molar-refractivity contribution in [3.8, 4) is 11.5 Å². The van der Waals surface area contributed by atoms with E-state index in [-0.39, 0.29) is 11.2 Å². The van der Waals surface area contributed by atoms with Gasteiger partial charge in [-0.2, -0.15) is 0 Å². The van der Waals surface area contributed by atoms with Crippen molar-refractivity contribution in [1.29, 1.82) is 0 Å². The third kappa shape index (κ3) is 7.10. The quantitative estimate of drug-likeness (QED) is 0.629. The standard InChI is InChI=1S/C20H25NO3S/c1-3-13-23-18-9-11-19(12-10-18)24-14-15-25-16(2)20(22)21-17-7-5-4-6-8-17/h4-12,16H,3,13-15H2,1-2H3,(H,21,22). The summed E-state index contributed by atoms with van der Waals surface area (Å²) in [6.07, 6.45) is 0.992. The highest BCUT2D eigenvalue weighted by Crippen LogP contribution is 2.19. The number of carbonyl (C=O) groups is 1. The Hall–Kier alpha value is -2.14. The van der Waals surface area contributed by atoms with Gasteiger partial charge in [0.05, 0.1) is 18.5 Å². The Morgan fingerprint density at radius 1 is 1.00 bits per heavy atom. The number of nitrogens with one attached hydrogen (secondary N) is 1. The van der Waals surface area contributed by atoms with Crippen molar-refractivity contribution in [2.24, 2.45) is 0 Å². The fraction of sp³-hybridized carbons (Fsp3) is 0.350. The molecule has 1 N–H and O–H groups in total. The summed E-state index contributed by atoms with van der Waals surface area (Å²) in [5.74, 6) is 2.42. The van der Waals surface area contributed by atoms with Gasteiger partial charge in [-0.05, 0) is 49.7 Å². The average Bonchev–Trinajstić information content (AvgIpc) is 2.65. The van der Waals surface area contributed by atoms with Crippen LogP contribution in [0.1, 0.15) is 20.3 Å². The van der Waals surface area contributed by atoms with E-state index in [0.29, 0.717) is 6.61 Å².